The van der Waals surface area contributed by atoms with Crippen molar-refractivity contribution in [2.24, 2.45) is 7.05 Å². The molecule has 0 saturated carbocycles. The zero-order valence-electron chi connectivity index (χ0n) is 22.1. The lowest BCUT2D eigenvalue weighted by Crippen LogP contribution is -2.34. The Kier molecular flexibility index (Phi) is 9.61. The minimum absolute atomic E-state index is 0.0556. The summed E-state index contributed by atoms with van der Waals surface area (Å²) in [5, 5.41) is 4.40. The number of amides is 1. The number of aromatic nitrogens is 1. The van der Waals surface area contributed by atoms with Crippen LogP contribution in [0.3, 0.4) is 0 Å². The summed E-state index contributed by atoms with van der Waals surface area (Å²) in [6.07, 6.45) is 4.53. The largest absolute Gasteiger partial charge is 0.497 e. The Morgan fingerprint density at radius 3 is 2.34 bits per heavy atom. The topological polar surface area (TPSA) is 55.7 Å². The number of carbonyl (C=O) groups is 1. The summed E-state index contributed by atoms with van der Waals surface area (Å²) in [6, 6.07) is 14.3. The molecule has 0 aliphatic heterocycles. The van der Waals surface area contributed by atoms with Gasteiger partial charge in [-0.3, -0.25) is 4.79 Å². The number of aryl methyl sites for hydroxylation is 1. The molecule has 1 N–H and O–H groups in total. The third-order valence-corrected chi connectivity index (χ3v) is 6.88. The maximum absolute atomic E-state index is 13.3. The molecule has 0 aliphatic rings. The minimum Gasteiger partial charge on any atom is -0.497 e. The van der Waals surface area contributed by atoms with Crippen LogP contribution < -0.4 is 14.8 Å². The molecule has 1 heterocycles. The van der Waals surface area contributed by atoms with E-state index in [2.05, 4.69) is 53.9 Å². The van der Waals surface area contributed by atoms with Crippen LogP contribution in [0.15, 0.2) is 48.7 Å². The Morgan fingerprint density at radius 1 is 1.06 bits per heavy atom. The summed E-state index contributed by atoms with van der Waals surface area (Å²) in [7, 11) is 5.35. The molecule has 6 nitrogen and oxygen atoms in total. The van der Waals surface area contributed by atoms with Crippen LogP contribution in [0.5, 0.6) is 11.5 Å². The molecule has 0 radical (unpaired) electrons. The zero-order chi connectivity index (χ0) is 25.4. The van der Waals surface area contributed by atoms with E-state index in [-0.39, 0.29) is 17.9 Å². The predicted molar refractivity (Wildman–Crippen MR) is 144 cm³/mol. The third kappa shape index (κ3) is 6.79. The lowest BCUT2D eigenvalue weighted by molar-refractivity contribution is -0.121. The van der Waals surface area contributed by atoms with Crippen LogP contribution >= 0.6 is 0 Å². The average molecular weight is 480 g/mol. The fraction of sp³-hybridized carbons (Fsp3) is 0.483. The van der Waals surface area contributed by atoms with Crippen molar-refractivity contribution in [3.63, 3.8) is 0 Å². The van der Waals surface area contributed by atoms with Gasteiger partial charge in [-0.15, -0.1) is 0 Å². The Bertz CT molecular complexity index is 1080. The first-order valence-electron chi connectivity index (χ1n) is 12.7. The second-order valence-corrected chi connectivity index (χ2v) is 9.25. The number of hydrogen-bond acceptors (Lipinski definition) is 4. The van der Waals surface area contributed by atoms with Crippen molar-refractivity contribution in [1.82, 2.24) is 14.8 Å². The maximum atomic E-state index is 13.3. The first kappa shape index (κ1) is 26.6. The van der Waals surface area contributed by atoms with E-state index in [0.717, 1.165) is 66.0 Å². The molecule has 0 bridgehead atoms. The summed E-state index contributed by atoms with van der Waals surface area (Å²) < 4.78 is 13.2. The number of para-hydroxylation sites is 1. The quantitative estimate of drug-likeness (QED) is 0.359. The van der Waals surface area contributed by atoms with E-state index in [1.165, 1.54) is 0 Å². The van der Waals surface area contributed by atoms with Crippen LogP contribution in [0, 0.1) is 0 Å². The van der Waals surface area contributed by atoms with Gasteiger partial charge in [0.05, 0.1) is 14.2 Å². The highest BCUT2D eigenvalue weighted by Gasteiger charge is 2.24. The number of nitrogens with zero attached hydrogens (tertiary/aromatic N) is 2. The fourth-order valence-electron chi connectivity index (χ4n) is 4.84. The summed E-state index contributed by atoms with van der Waals surface area (Å²) in [5.41, 5.74) is 3.28. The molecular formula is C29H41N3O3. The molecule has 35 heavy (non-hydrogen) atoms. The first-order valence-corrected chi connectivity index (χ1v) is 12.7. The Balaban J connectivity index is 1.85. The van der Waals surface area contributed by atoms with E-state index in [1.54, 1.807) is 14.2 Å². The molecule has 0 aliphatic carbocycles. The lowest BCUT2D eigenvalue weighted by atomic mass is 9.87. The Hall–Kier alpha value is -2.99. The molecule has 3 rings (SSSR count). The summed E-state index contributed by atoms with van der Waals surface area (Å²) in [4.78, 5) is 15.7. The van der Waals surface area contributed by atoms with Crippen molar-refractivity contribution < 1.29 is 14.3 Å². The van der Waals surface area contributed by atoms with E-state index in [4.69, 9.17) is 9.47 Å². The van der Waals surface area contributed by atoms with Gasteiger partial charge in [-0.25, -0.2) is 0 Å². The highest BCUT2D eigenvalue weighted by molar-refractivity contribution is 5.86. The number of fused-ring (bicyclic) bond motifs is 1. The first-order chi connectivity index (χ1) is 16.9. The van der Waals surface area contributed by atoms with Gasteiger partial charge in [-0.2, -0.15) is 0 Å². The predicted octanol–water partition coefficient (Wildman–Crippen LogP) is 5.34. The number of carbonyl (C=O) groups excluding carboxylic acids is 1. The molecule has 2 unspecified atom stereocenters. The number of methoxy groups -OCH3 is 2. The van der Waals surface area contributed by atoms with E-state index in [0.29, 0.717) is 6.42 Å². The number of benzene rings is 2. The van der Waals surface area contributed by atoms with Crippen LogP contribution in [0.2, 0.25) is 0 Å². The molecule has 2 aromatic carbocycles. The van der Waals surface area contributed by atoms with Crippen LogP contribution in [-0.2, 0) is 11.8 Å². The van der Waals surface area contributed by atoms with Crippen LogP contribution in [0.4, 0.5) is 0 Å². The number of rotatable bonds is 13. The molecule has 2 atom stereocenters. The van der Waals surface area contributed by atoms with Crippen molar-refractivity contribution in [1.29, 1.82) is 0 Å². The summed E-state index contributed by atoms with van der Waals surface area (Å²) >= 11 is 0. The van der Waals surface area contributed by atoms with Crippen molar-refractivity contribution in [3.05, 3.63) is 59.8 Å². The number of ether oxygens (including phenoxy) is 2. The normalized spacial score (nSPS) is 13.1. The molecule has 0 saturated heterocycles. The fourth-order valence-corrected chi connectivity index (χ4v) is 4.84. The van der Waals surface area contributed by atoms with E-state index < -0.39 is 0 Å². The number of nitrogens with one attached hydrogen (secondary N) is 1. The average Bonchev–Trinajstić information content (AvgIpc) is 3.21. The van der Waals surface area contributed by atoms with Crippen molar-refractivity contribution in [2.45, 2.75) is 52.0 Å². The van der Waals surface area contributed by atoms with Gasteiger partial charge >= 0.3 is 0 Å². The maximum Gasteiger partial charge on any atom is 0.221 e. The van der Waals surface area contributed by atoms with Crippen LogP contribution in [0.1, 0.15) is 57.1 Å². The summed E-state index contributed by atoms with van der Waals surface area (Å²) in [6.45, 7) is 9.67. The highest BCUT2D eigenvalue weighted by Crippen LogP contribution is 2.37. The monoisotopic (exact) mass is 479 g/mol. The summed E-state index contributed by atoms with van der Waals surface area (Å²) in [5.74, 6) is 1.36. The molecule has 0 fully saturated rings. The molecular weight excluding hydrogens is 438 g/mol. The molecule has 0 spiro atoms. The van der Waals surface area contributed by atoms with Crippen LogP contribution in [-0.4, -0.2) is 55.3 Å². The highest BCUT2D eigenvalue weighted by atomic mass is 16.5. The van der Waals surface area contributed by atoms with Crippen molar-refractivity contribution in [2.75, 3.05) is 33.9 Å². The van der Waals surface area contributed by atoms with Crippen molar-refractivity contribution in [3.8, 4) is 11.5 Å². The van der Waals surface area contributed by atoms with Gasteiger partial charge in [0.25, 0.3) is 0 Å². The van der Waals surface area contributed by atoms with E-state index >= 15 is 0 Å². The molecule has 3 aromatic rings. The minimum atomic E-state index is -0.132. The Labute approximate surface area is 210 Å². The van der Waals surface area contributed by atoms with Gasteiger partial charge in [0.1, 0.15) is 11.5 Å². The van der Waals surface area contributed by atoms with Gasteiger partial charge in [0, 0.05) is 48.6 Å². The molecule has 1 aromatic heterocycles. The SMILES string of the molecule is CCN(CC)CCCC(C)NC(=O)CC(c1cc(OC)cc(OC)c1)c1cn(C)c2ccccc12. The van der Waals surface area contributed by atoms with Gasteiger partial charge in [-0.05, 0) is 68.7 Å². The Morgan fingerprint density at radius 2 is 1.71 bits per heavy atom. The van der Waals surface area contributed by atoms with E-state index in [1.807, 2.05) is 37.4 Å². The van der Waals surface area contributed by atoms with Gasteiger partial charge < -0.3 is 24.3 Å². The van der Waals surface area contributed by atoms with Gasteiger partial charge in [-0.1, -0.05) is 32.0 Å². The van der Waals surface area contributed by atoms with Gasteiger partial charge in [0.2, 0.25) is 5.91 Å². The van der Waals surface area contributed by atoms with Crippen LogP contribution in [0.25, 0.3) is 10.9 Å². The second kappa shape index (κ2) is 12.6. The molecule has 190 valence electrons. The van der Waals surface area contributed by atoms with E-state index in [9.17, 15) is 4.79 Å². The standard InChI is InChI=1S/C29H41N3O3/c1-7-32(8-2)15-11-12-21(3)30-29(33)19-26(22-16-23(34-5)18-24(17-22)35-6)27-20-31(4)28-14-10-9-13-25(27)28/h9-10,13-14,16-18,20-21,26H,7-8,11-12,15,19H2,1-6H3,(H,30,33). The molecule has 6 heteroatoms. The number of hydrogen-bond donors (Lipinski definition) is 1. The van der Waals surface area contributed by atoms with Crippen molar-refractivity contribution >= 4 is 16.8 Å². The zero-order valence-corrected chi connectivity index (χ0v) is 22.1. The molecule has 1 amide bonds. The van der Waals surface area contributed by atoms with Gasteiger partial charge in [0.15, 0.2) is 0 Å². The second-order valence-electron chi connectivity index (χ2n) is 9.25. The third-order valence-electron chi connectivity index (χ3n) is 6.88. The smallest absolute Gasteiger partial charge is 0.221 e. The lowest BCUT2D eigenvalue weighted by Gasteiger charge is -2.22.